The molecule has 0 radical (unpaired) electrons. The molecule has 0 aliphatic heterocycles. The fraction of sp³-hybridized carbons (Fsp3) is 0.467. The molecule has 2 heteroatoms. The van der Waals surface area contributed by atoms with Gasteiger partial charge in [-0.2, -0.15) is 5.26 Å². The summed E-state index contributed by atoms with van der Waals surface area (Å²) in [4.78, 5) is 3.65. The van der Waals surface area contributed by atoms with Crippen molar-refractivity contribution in [1.82, 2.24) is 0 Å². The van der Waals surface area contributed by atoms with Crippen LogP contribution in [0.25, 0.3) is 4.85 Å². The third kappa shape index (κ3) is 2.66. The zero-order chi connectivity index (χ0) is 13.3. The highest BCUT2D eigenvalue weighted by atomic mass is 14.8. The Hall–Kier alpha value is -1.80. The van der Waals surface area contributed by atoms with Crippen molar-refractivity contribution in [3.63, 3.8) is 0 Å². The summed E-state index contributed by atoms with van der Waals surface area (Å²) in [5.74, 6) is 0. The average molecular weight is 226 g/mol. The summed E-state index contributed by atoms with van der Waals surface area (Å²) in [6, 6.07) is 8.33. The van der Waals surface area contributed by atoms with Gasteiger partial charge in [0.25, 0.3) is 5.54 Å². The smallest absolute Gasteiger partial charge is 0.252 e. The van der Waals surface area contributed by atoms with Gasteiger partial charge in [0, 0.05) is 19.4 Å². The van der Waals surface area contributed by atoms with E-state index in [1.54, 1.807) is 0 Å². The van der Waals surface area contributed by atoms with Gasteiger partial charge in [-0.3, -0.25) is 0 Å². The number of rotatable bonds is 2. The van der Waals surface area contributed by atoms with E-state index in [4.69, 9.17) is 6.57 Å². The Labute approximate surface area is 104 Å². The molecule has 0 bridgehead atoms. The molecule has 2 nitrogen and oxygen atoms in total. The van der Waals surface area contributed by atoms with Gasteiger partial charge in [-0.05, 0) is 38.5 Å². The highest BCUT2D eigenvalue weighted by Gasteiger charge is 2.29. The van der Waals surface area contributed by atoms with Gasteiger partial charge in [0.2, 0.25) is 0 Å². The minimum Gasteiger partial charge on any atom is -0.306 e. The van der Waals surface area contributed by atoms with E-state index in [0.717, 1.165) is 16.7 Å². The molecule has 17 heavy (non-hydrogen) atoms. The van der Waals surface area contributed by atoms with Gasteiger partial charge in [-0.15, -0.1) is 0 Å². The number of hydrogen-bond donors (Lipinski definition) is 0. The normalized spacial score (nSPS) is 11.7. The lowest BCUT2D eigenvalue weighted by molar-refractivity contribution is 0.646. The molecule has 0 unspecified atom stereocenters. The second-order valence-electron chi connectivity index (χ2n) is 5.50. The second-order valence-corrected chi connectivity index (χ2v) is 5.50. The quantitative estimate of drug-likeness (QED) is 0.702. The molecular formula is C15H18N2. The maximum absolute atomic E-state index is 9.18. The van der Waals surface area contributed by atoms with Crippen LogP contribution in [0, 0.1) is 24.8 Å². The molecule has 0 spiro atoms. The molecule has 0 saturated heterocycles. The summed E-state index contributed by atoms with van der Waals surface area (Å²) < 4.78 is 0. The number of nitrogens with zero attached hydrogens (tertiary/aromatic N) is 2. The maximum Gasteiger partial charge on any atom is 0.252 e. The minimum atomic E-state index is -0.535. The van der Waals surface area contributed by atoms with Gasteiger partial charge in [0.1, 0.15) is 0 Å². The van der Waals surface area contributed by atoms with Crippen LogP contribution >= 0.6 is 0 Å². The first-order valence-electron chi connectivity index (χ1n) is 5.65. The standard InChI is InChI=1S/C15H18N2/c1-11-7-12(14(2,3)10-16)9-13(8-11)15(4,5)17-6/h7-9H,1-5H3. The van der Waals surface area contributed by atoms with Crippen LogP contribution in [0.3, 0.4) is 0 Å². The molecule has 0 aliphatic rings. The summed E-state index contributed by atoms with van der Waals surface area (Å²) >= 11 is 0. The molecule has 88 valence electrons. The van der Waals surface area contributed by atoms with Crippen molar-refractivity contribution in [3.8, 4) is 6.07 Å². The molecule has 0 aromatic heterocycles. The maximum atomic E-state index is 9.18. The third-order valence-corrected chi connectivity index (χ3v) is 3.06. The van der Waals surface area contributed by atoms with E-state index in [-0.39, 0.29) is 0 Å². The summed E-state index contributed by atoms with van der Waals surface area (Å²) in [6.07, 6.45) is 0. The fourth-order valence-corrected chi connectivity index (χ4v) is 1.63. The van der Waals surface area contributed by atoms with Gasteiger partial charge >= 0.3 is 0 Å². The van der Waals surface area contributed by atoms with Crippen LogP contribution < -0.4 is 0 Å². The molecule has 0 atom stereocenters. The van der Waals surface area contributed by atoms with Gasteiger partial charge in [-0.25, -0.2) is 6.57 Å². The zero-order valence-electron chi connectivity index (χ0n) is 11.1. The van der Waals surface area contributed by atoms with Crippen molar-refractivity contribution >= 4 is 0 Å². The second kappa shape index (κ2) is 4.22. The first kappa shape index (κ1) is 13.3. The molecule has 1 aromatic carbocycles. The zero-order valence-corrected chi connectivity index (χ0v) is 11.1. The Morgan fingerprint density at radius 2 is 1.65 bits per heavy atom. The Kier molecular flexibility index (Phi) is 3.30. The van der Waals surface area contributed by atoms with Crippen LogP contribution in [0.2, 0.25) is 0 Å². The molecule has 0 amide bonds. The van der Waals surface area contributed by atoms with E-state index < -0.39 is 11.0 Å². The average Bonchev–Trinajstić information content (AvgIpc) is 2.28. The molecule has 1 rings (SSSR count). The van der Waals surface area contributed by atoms with Crippen molar-refractivity contribution in [2.75, 3.05) is 0 Å². The van der Waals surface area contributed by atoms with Crippen LogP contribution in [0.5, 0.6) is 0 Å². The van der Waals surface area contributed by atoms with E-state index in [0.29, 0.717) is 0 Å². The van der Waals surface area contributed by atoms with Crippen molar-refractivity contribution in [2.24, 2.45) is 0 Å². The van der Waals surface area contributed by atoms with Gasteiger partial charge in [0.05, 0.1) is 11.5 Å². The topological polar surface area (TPSA) is 28.1 Å². The Morgan fingerprint density at radius 1 is 1.12 bits per heavy atom. The lowest BCUT2D eigenvalue weighted by Crippen LogP contribution is -2.18. The van der Waals surface area contributed by atoms with E-state index in [9.17, 15) is 5.26 Å². The number of aryl methyl sites for hydroxylation is 1. The van der Waals surface area contributed by atoms with Gasteiger partial charge in [0.15, 0.2) is 0 Å². The highest BCUT2D eigenvalue weighted by Crippen LogP contribution is 2.31. The number of nitriles is 1. The molecule has 0 saturated carbocycles. The van der Waals surface area contributed by atoms with Crippen LogP contribution in [-0.2, 0) is 11.0 Å². The van der Waals surface area contributed by atoms with Crippen molar-refractivity contribution < 1.29 is 0 Å². The van der Waals surface area contributed by atoms with Crippen LogP contribution in [0.4, 0.5) is 0 Å². The minimum absolute atomic E-state index is 0.515. The van der Waals surface area contributed by atoms with E-state index in [1.807, 2.05) is 52.8 Å². The van der Waals surface area contributed by atoms with Crippen LogP contribution in [-0.4, -0.2) is 0 Å². The van der Waals surface area contributed by atoms with Crippen molar-refractivity contribution in [1.29, 1.82) is 5.26 Å². The number of benzene rings is 1. The molecule has 0 fully saturated rings. The van der Waals surface area contributed by atoms with Crippen LogP contribution in [0.15, 0.2) is 18.2 Å². The third-order valence-electron chi connectivity index (χ3n) is 3.06. The Bertz CT molecular complexity index is 466. The number of hydrogen-bond acceptors (Lipinski definition) is 1. The molecule has 0 heterocycles. The van der Waals surface area contributed by atoms with Gasteiger partial charge in [-0.1, -0.05) is 11.6 Å². The first-order chi connectivity index (χ1) is 7.73. The first-order valence-corrected chi connectivity index (χ1v) is 5.65. The lowest BCUT2D eigenvalue weighted by Gasteiger charge is -2.20. The predicted molar refractivity (Wildman–Crippen MR) is 69.4 cm³/mol. The molecular weight excluding hydrogens is 208 g/mol. The predicted octanol–water partition coefficient (Wildman–Crippen LogP) is 3.95. The fourth-order valence-electron chi connectivity index (χ4n) is 1.63. The summed E-state index contributed by atoms with van der Waals surface area (Å²) in [5, 5.41) is 9.18. The molecule has 1 aromatic rings. The monoisotopic (exact) mass is 226 g/mol. The Balaban J connectivity index is 3.42. The Morgan fingerprint density at radius 3 is 2.12 bits per heavy atom. The SMILES string of the molecule is [C-]#[N+]C(C)(C)c1cc(C)cc(C(C)(C)C#N)c1. The van der Waals surface area contributed by atoms with E-state index in [2.05, 4.69) is 10.9 Å². The van der Waals surface area contributed by atoms with E-state index >= 15 is 0 Å². The summed E-state index contributed by atoms with van der Waals surface area (Å²) in [5.41, 5.74) is 2.00. The molecule has 0 aliphatic carbocycles. The summed E-state index contributed by atoms with van der Waals surface area (Å²) in [6.45, 7) is 16.8. The molecule has 0 N–H and O–H groups in total. The van der Waals surface area contributed by atoms with Crippen molar-refractivity contribution in [2.45, 2.75) is 45.6 Å². The van der Waals surface area contributed by atoms with Crippen LogP contribution in [0.1, 0.15) is 44.4 Å². The van der Waals surface area contributed by atoms with Gasteiger partial charge < -0.3 is 4.85 Å². The van der Waals surface area contributed by atoms with E-state index in [1.165, 1.54) is 0 Å². The highest BCUT2D eigenvalue weighted by molar-refractivity contribution is 5.40. The largest absolute Gasteiger partial charge is 0.306 e. The lowest BCUT2D eigenvalue weighted by atomic mass is 9.82. The van der Waals surface area contributed by atoms with Crippen molar-refractivity contribution in [3.05, 3.63) is 46.3 Å². The summed E-state index contributed by atoms with van der Waals surface area (Å²) in [7, 11) is 0.